The molecule has 2 rings (SSSR count). The molecule has 1 saturated carbocycles. The topological polar surface area (TPSA) is 20.2 Å². The first-order valence-corrected chi connectivity index (χ1v) is 5.17. The molecule has 0 radical (unpaired) electrons. The Morgan fingerprint density at radius 1 is 1.43 bits per heavy atom. The number of halogens is 1. The van der Waals surface area contributed by atoms with Crippen molar-refractivity contribution in [2.45, 2.75) is 38.2 Å². The van der Waals surface area contributed by atoms with Crippen LogP contribution in [0.4, 0.5) is 4.39 Å². The summed E-state index contributed by atoms with van der Waals surface area (Å²) in [4.78, 5) is 0. The van der Waals surface area contributed by atoms with E-state index in [-0.39, 0.29) is 5.82 Å². The maximum Gasteiger partial charge on any atom is 0.129 e. The normalized spacial score (nSPS) is 19.1. The molecular formula is C12H15FO. The van der Waals surface area contributed by atoms with Crippen molar-refractivity contribution >= 4 is 0 Å². The molecule has 0 aliphatic heterocycles. The minimum atomic E-state index is -0.880. The first-order chi connectivity index (χ1) is 6.65. The third-order valence-corrected chi connectivity index (χ3v) is 3.12. The van der Waals surface area contributed by atoms with Crippen LogP contribution in [0.1, 0.15) is 37.3 Å². The van der Waals surface area contributed by atoms with Gasteiger partial charge in [0, 0.05) is 5.56 Å². The fraction of sp³-hybridized carbons (Fsp3) is 0.500. The fourth-order valence-corrected chi connectivity index (χ4v) is 1.93. The first kappa shape index (κ1) is 9.66. The van der Waals surface area contributed by atoms with Gasteiger partial charge in [0.2, 0.25) is 0 Å². The van der Waals surface area contributed by atoms with Crippen LogP contribution in [-0.2, 0) is 12.0 Å². The van der Waals surface area contributed by atoms with Gasteiger partial charge in [0.15, 0.2) is 0 Å². The molecule has 0 saturated heterocycles. The van der Waals surface area contributed by atoms with E-state index in [9.17, 15) is 9.50 Å². The van der Waals surface area contributed by atoms with Gasteiger partial charge < -0.3 is 5.11 Å². The Morgan fingerprint density at radius 3 is 2.64 bits per heavy atom. The third-order valence-electron chi connectivity index (χ3n) is 3.12. The molecule has 0 spiro atoms. The number of hydrogen-bond donors (Lipinski definition) is 1. The summed E-state index contributed by atoms with van der Waals surface area (Å²) in [6.45, 7) is 2.03. The molecule has 0 aromatic heterocycles. The van der Waals surface area contributed by atoms with Crippen LogP contribution in [0, 0.1) is 5.82 Å². The lowest BCUT2D eigenvalue weighted by atomic mass is 9.74. The van der Waals surface area contributed by atoms with E-state index in [2.05, 4.69) is 0 Å². The molecular weight excluding hydrogens is 179 g/mol. The quantitative estimate of drug-likeness (QED) is 0.767. The zero-order valence-electron chi connectivity index (χ0n) is 8.39. The van der Waals surface area contributed by atoms with Gasteiger partial charge in [-0.2, -0.15) is 0 Å². The first-order valence-electron chi connectivity index (χ1n) is 5.17. The van der Waals surface area contributed by atoms with E-state index in [4.69, 9.17) is 0 Å². The van der Waals surface area contributed by atoms with Gasteiger partial charge in [0.05, 0.1) is 5.60 Å². The molecule has 1 aromatic rings. The Balaban J connectivity index is 2.40. The SMILES string of the molecule is CCc1ccc(F)c(C2(O)CCC2)c1. The summed E-state index contributed by atoms with van der Waals surface area (Å²) in [6, 6.07) is 5.04. The minimum absolute atomic E-state index is 0.274. The van der Waals surface area contributed by atoms with Crippen molar-refractivity contribution in [1.29, 1.82) is 0 Å². The summed E-state index contributed by atoms with van der Waals surface area (Å²) < 4.78 is 13.5. The predicted octanol–water partition coefficient (Wildman–Crippen LogP) is 2.76. The summed E-state index contributed by atoms with van der Waals surface area (Å²) in [7, 11) is 0. The third kappa shape index (κ3) is 1.44. The van der Waals surface area contributed by atoms with Crippen LogP contribution in [0.15, 0.2) is 18.2 Å². The van der Waals surface area contributed by atoms with E-state index in [0.717, 1.165) is 18.4 Å². The van der Waals surface area contributed by atoms with Gasteiger partial charge in [0.25, 0.3) is 0 Å². The number of aryl methyl sites for hydroxylation is 1. The van der Waals surface area contributed by atoms with Crippen molar-refractivity contribution < 1.29 is 9.50 Å². The van der Waals surface area contributed by atoms with E-state index in [0.29, 0.717) is 18.4 Å². The van der Waals surface area contributed by atoms with Crippen LogP contribution in [0.2, 0.25) is 0 Å². The van der Waals surface area contributed by atoms with Crippen LogP contribution < -0.4 is 0 Å². The average molecular weight is 194 g/mol. The Kier molecular flexibility index (Phi) is 2.31. The van der Waals surface area contributed by atoms with Gasteiger partial charge in [0.1, 0.15) is 5.82 Å². The van der Waals surface area contributed by atoms with E-state index < -0.39 is 5.60 Å². The van der Waals surface area contributed by atoms with Gasteiger partial charge in [-0.25, -0.2) is 4.39 Å². The summed E-state index contributed by atoms with van der Waals surface area (Å²) in [5, 5.41) is 10.0. The summed E-state index contributed by atoms with van der Waals surface area (Å²) in [5.41, 5.74) is 0.694. The molecule has 1 nitrogen and oxygen atoms in total. The standard InChI is InChI=1S/C12H15FO/c1-2-9-4-5-11(13)10(8-9)12(14)6-3-7-12/h4-5,8,14H,2-3,6-7H2,1H3. The zero-order valence-corrected chi connectivity index (χ0v) is 8.39. The molecule has 1 aliphatic rings. The molecule has 1 fully saturated rings. The minimum Gasteiger partial charge on any atom is -0.385 e. The molecule has 0 atom stereocenters. The molecule has 1 N–H and O–H groups in total. The highest BCUT2D eigenvalue weighted by molar-refractivity contribution is 5.31. The van der Waals surface area contributed by atoms with Crippen LogP contribution in [0.5, 0.6) is 0 Å². The lowest BCUT2D eigenvalue weighted by molar-refractivity contribution is -0.0417. The molecule has 0 bridgehead atoms. The van der Waals surface area contributed by atoms with E-state index in [1.807, 2.05) is 6.92 Å². The largest absolute Gasteiger partial charge is 0.385 e. The highest BCUT2D eigenvalue weighted by Crippen LogP contribution is 2.42. The number of benzene rings is 1. The van der Waals surface area contributed by atoms with Gasteiger partial charge in [-0.3, -0.25) is 0 Å². The van der Waals surface area contributed by atoms with Crippen LogP contribution >= 0.6 is 0 Å². The number of hydrogen-bond acceptors (Lipinski definition) is 1. The summed E-state index contributed by atoms with van der Waals surface area (Å²) >= 11 is 0. The van der Waals surface area contributed by atoms with Crippen molar-refractivity contribution in [1.82, 2.24) is 0 Å². The molecule has 1 aromatic carbocycles. The van der Waals surface area contributed by atoms with Gasteiger partial charge >= 0.3 is 0 Å². The van der Waals surface area contributed by atoms with E-state index in [1.54, 1.807) is 12.1 Å². The fourth-order valence-electron chi connectivity index (χ4n) is 1.93. The molecule has 0 amide bonds. The van der Waals surface area contributed by atoms with E-state index >= 15 is 0 Å². The highest BCUT2D eigenvalue weighted by atomic mass is 19.1. The van der Waals surface area contributed by atoms with Crippen molar-refractivity contribution in [3.8, 4) is 0 Å². The lowest BCUT2D eigenvalue weighted by Crippen LogP contribution is -2.34. The highest BCUT2D eigenvalue weighted by Gasteiger charge is 2.38. The second-order valence-electron chi connectivity index (χ2n) is 4.05. The van der Waals surface area contributed by atoms with Crippen LogP contribution in [-0.4, -0.2) is 5.11 Å². The van der Waals surface area contributed by atoms with Crippen LogP contribution in [0.25, 0.3) is 0 Å². The Morgan fingerprint density at radius 2 is 2.14 bits per heavy atom. The van der Waals surface area contributed by atoms with E-state index in [1.165, 1.54) is 6.07 Å². The summed E-state index contributed by atoms with van der Waals surface area (Å²) in [6.07, 6.45) is 3.25. The molecule has 14 heavy (non-hydrogen) atoms. The van der Waals surface area contributed by atoms with Crippen molar-refractivity contribution in [2.24, 2.45) is 0 Å². The van der Waals surface area contributed by atoms with Crippen LogP contribution in [0.3, 0.4) is 0 Å². The smallest absolute Gasteiger partial charge is 0.129 e. The molecule has 2 heteroatoms. The summed E-state index contributed by atoms with van der Waals surface area (Å²) in [5.74, 6) is -0.274. The Labute approximate surface area is 83.6 Å². The average Bonchev–Trinajstić information content (AvgIpc) is 2.15. The number of aliphatic hydroxyl groups is 1. The molecule has 76 valence electrons. The Bertz CT molecular complexity index is 342. The van der Waals surface area contributed by atoms with Gasteiger partial charge in [-0.1, -0.05) is 19.1 Å². The van der Waals surface area contributed by atoms with Gasteiger partial charge in [-0.05, 0) is 37.3 Å². The second kappa shape index (κ2) is 3.35. The zero-order chi connectivity index (χ0) is 10.2. The van der Waals surface area contributed by atoms with Crippen molar-refractivity contribution in [3.05, 3.63) is 35.1 Å². The molecule has 0 heterocycles. The molecule has 0 unspecified atom stereocenters. The van der Waals surface area contributed by atoms with Gasteiger partial charge in [-0.15, -0.1) is 0 Å². The predicted molar refractivity (Wildman–Crippen MR) is 53.5 cm³/mol. The van der Waals surface area contributed by atoms with Crippen molar-refractivity contribution in [3.63, 3.8) is 0 Å². The maximum atomic E-state index is 13.5. The van der Waals surface area contributed by atoms with Crippen molar-refractivity contribution in [2.75, 3.05) is 0 Å². The maximum absolute atomic E-state index is 13.5. The second-order valence-corrected chi connectivity index (χ2v) is 4.05. The molecule has 1 aliphatic carbocycles. The number of rotatable bonds is 2. The lowest BCUT2D eigenvalue weighted by Gasteiger charge is -2.37. The monoisotopic (exact) mass is 194 g/mol. The Hall–Kier alpha value is -0.890.